The van der Waals surface area contributed by atoms with Gasteiger partial charge in [0.1, 0.15) is 5.75 Å². The highest BCUT2D eigenvalue weighted by atomic mass is 19.4. The van der Waals surface area contributed by atoms with E-state index in [4.69, 9.17) is 4.74 Å². The number of benzene rings is 1. The Bertz CT molecular complexity index is 608. The Morgan fingerprint density at radius 2 is 2.05 bits per heavy atom. The minimum Gasteiger partial charge on any atom is -0.497 e. The maximum atomic E-state index is 12.7. The van der Waals surface area contributed by atoms with Crippen molar-refractivity contribution in [1.29, 1.82) is 0 Å². The predicted octanol–water partition coefficient (Wildman–Crippen LogP) is 3.54. The van der Waals surface area contributed by atoms with Crippen LogP contribution in [0, 0.1) is 0 Å². The minimum absolute atomic E-state index is 0.254. The van der Waals surface area contributed by atoms with Gasteiger partial charge in [-0.3, -0.25) is 4.68 Å². The number of aromatic nitrogens is 2. The lowest BCUT2D eigenvalue weighted by Crippen LogP contribution is -2.09. The highest BCUT2D eigenvalue weighted by molar-refractivity contribution is 5.48. The molecule has 0 saturated carbocycles. The molecule has 0 unspecified atom stereocenters. The third kappa shape index (κ3) is 3.68. The van der Waals surface area contributed by atoms with Gasteiger partial charge in [-0.2, -0.15) is 18.3 Å². The van der Waals surface area contributed by atoms with E-state index in [1.807, 2.05) is 6.07 Å². The maximum Gasteiger partial charge on any atom is 0.435 e. The smallest absolute Gasteiger partial charge is 0.435 e. The van der Waals surface area contributed by atoms with Crippen LogP contribution in [-0.4, -0.2) is 16.9 Å². The van der Waals surface area contributed by atoms with E-state index in [2.05, 4.69) is 10.4 Å². The lowest BCUT2D eigenvalue weighted by Gasteiger charge is -2.09. The van der Waals surface area contributed by atoms with Crippen LogP contribution >= 0.6 is 0 Å². The molecule has 2 aromatic rings. The zero-order valence-corrected chi connectivity index (χ0v) is 11.7. The van der Waals surface area contributed by atoms with Gasteiger partial charge < -0.3 is 10.1 Å². The molecule has 0 amide bonds. The third-order valence-corrected chi connectivity index (χ3v) is 3.00. The van der Waals surface area contributed by atoms with E-state index in [0.717, 1.165) is 11.8 Å². The molecule has 0 fully saturated rings. The van der Waals surface area contributed by atoms with E-state index in [9.17, 15) is 13.2 Å². The molecular weight excluding hydrogens is 283 g/mol. The average molecular weight is 299 g/mol. The normalized spacial score (nSPS) is 11.5. The monoisotopic (exact) mass is 299 g/mol. The molecule has 0 radical (unpaired) electrons. The van der Waals surface area contributed by atoms with E-state index in [-0.39, 0.29) is 6.54 Å². The van der Waals surface area contributed by atoms with Gasteiger partial charge in [0.25, 0.3) is 0 Å². The van der Waals surface area contributed by atoms with Crippen molar-refractivity contribution in [2.75, 3.05) is 12.4 Å². The van der Waals surface area contributed by atoms with Gasteiger partial charge >= 0.3 is 6.18 Å². The van der Waals surface area contributed by atoms with Crippen LogP contribution in [0.25, 0.3) is 0 Å². The van der Waals surface area contributed by atoms with E-state index in [1.54, 1.807) is 32.2 Å². The van der Waals surface area contributed by atoms with Crippen molar-refractivity contribution in [3.63, 3.8) is 0 Å². The fourth-order valence-electron chi connectivity index (χ4n) is 1.94. The Morgan fingerprint density at radius 1 is 1.29 bits per heavy atom. The quantitative estimate of drug-likeness (QED) is 0.918. The second-order valence-corrected chi connectivity index (χ2v) is 4.42. The van der Waals surface area contributed by atoms with Crippen molar-refractivity contribution in [3.05, 3.63) is 41.7 Å². The molecule has 0 spiro atoms. The topological polar surface area (TPSA) is 39.1 Å². The van der Waals surface area contributed by atoms with Crippen molar-refractivity contribution in [2.24, 2.45) is 0 Å². The van der Waals surface area contributed by atoms with Gasteiger partial charge in [-0.1, -0.05) is 6.07 Å². The first-order valence-corrected chi connectivity index (χ1v) is 6.46. The summed E-state index contributed by atoms with van der Waals surface area (Å²) in [7, 11) is 1.56. The SMILES string of the molecule is CCn1nc(C(F)(F)F)cc1CNc1cccc(OC)c1. The number of nitrogens with one attached hydrogen (secondary N) is 1. The molecule has 21 heavy (non-hydrogen) atoms. The molecule has 4 nitrogen and oxygen atoms in total. The van der Waals surface area contributed by atoms with Gasteiger partial charge in [0, 0.05) is 18.3 Å². The fourth-order valence-corrected chi connectivity index (χ4v) is 1.94. The standard InChI is InChI=1S/C14H16F3N3O/c1-3-20-11(8-13(19-20)14(15,16)17)9-18-10-5-4-6-12(7-10)21-2/h4-8,18H,3,9H2,1-2H3. The molecule has 0 aliphatic carbocycles. The minimum atomic E-state index is -4.43. The maximum absolute atomic E-state index is 12.7. The summed E-state index contributed by atoms with van der Waals surface area (Å²) in [6.07, 6.45) is -4.43. The van der Waals surface area contributed by atoms with Crippen LogP contribution in [0.2, 0.25) is 0 Å². The molecule has 0 bridgehead atoms. The Morgan fingerprint density at radius 3 is 2.67 bits per heavy atom. The number of ether oxygens (including phenoxy) is 1. The first-order chi connectivity index (χ1) is 9.94. The molecule has 0 saturated heterocycles. The highest BCUT2D eigenvalue weighted by Crippen LogP contribution is 2.29. The van der Waals surface area contributed by atoms with Crippen LogP contribution < -0.4 is 10.1 Å². The molecule has 1 aromatic heterocycles. The molecule has 7 heteroatoms. The van der Waals surface area contributed by atoms with Gasteiger partial charge in [0.2, 0.25) is 0 Å². The molecule has 114 valence electrons. The average Bonchev–Trinajstić information content (AvgIpc) is 2.88. The number of nitrogens with zero attached hydrogens (tertiary/aromatic N) is 2. The zero-order chi connectivity index (χ0) is 15.5. The number of halogens is 3. The van der Waals surface area contributed by atoms with Crippen molar-refractivity contribution < 1.29 is 17.9 Å². The summed E-state index contributed by atoms with van der Waals surface area (Å²) in [6, 6.07) is 8.26. The third-order valence-electron chi connectivity index (χ3n) is 3.00. The summed E-state index contributed by atoms with van der Waals surface area (Å²) in [5, 5.41) is 6.64. The van der Waals surface area contributed by atoms with Crippen LogP contribution in [0.3, 0.4) is 0 Å². The van der Waals surface area contributed by atoms with Crippen molar-refractivity contribution in [1.82, 2.24) is 9.78 Å². The summed E-state index contributed by atoms with van der Waals surface area (Å²) in [5.74, 6) is 0.681. The van der Waals surface area contributed by atoms with Crippen LogP contribution in [0.5, 0.6) is 5.75 Å². The summed E-state index contributed by atoms with van der Waals surface area (Å²) in [4.78, 5) is 0. The van der Waals surface area contributed by atoms with Crippen molar-refractivity contribution >= 4 is 5.69 Å². The molecule has 0 aliphatic heterocycles. The molecule has 2 rings (SSSR count). The number of hydrogen-bond donors (Lipinski definition) is 1. The van der Waals surface area contributed by atoms with Gasteiger partial charge in [-0.05, 0) is 25.1 Å². The van der Waals surface area contributed by atoms with E-state index >= 15 is 0 Å². The van der Waals surface area contributed by atoms with Crippen LogP contribution in [0.4, 0.5) is 18.9 Å². The summed E-state index contributed by atoms with van der Waals surface area (Å²) >= 11 is 0. The second-order valence-electron chi connectivity index (χ2n) is 4.42. The largest absolute Gasteiger partial charge is 0.497 e. The highest BCUT2D eigenvalue weighted by Gasteiger charge is 2.34. The van der Waals surface area contributed by atoms with Gasteiger partial charge in [-0.25, -0.2) is 0 Å². The van der Waals surface area contributed by atoms with Crippen molar-refractivity contribution in [3.8, 4) is 5.75 Å². The Hall–Kier alpha value is -2.18. The lowest BCUT2D eigenvalue weighted by molar-refractivity contribution is -0.141. The van der Waals surface area contributed by atoms with Gasteiger partial charge in [0.05, 0.1) is 19.3 Å². The number of methoxy groups -OCH3 is 1. The van der Waals surface area contributed by atoms with Crippen LogP contribution in [-0.2, 0) is 19.3 Å². The van der Waals surface area contributed by atoms with Crippen LogP contribution in [0.1, 0.15) is 18.3 Å². The molecule has 1 N–H and O–H groups in total. The summed E-state index contributed by atoms with van der Waals surface area (Å²) < 4.78 is 44.4. The van der Waals surface area contributed by atoms with Crippen molar-refractivity contribution in [2.45, 2.75) is 26.2 Å². The van der Waals surface area contributed by atoms with E-state index in [0.29, 0.717) is 18.0 Å². The Labute approximate surface area is 120 Å². The second kappa shape index (κ2) is 6.07. The first-order valence-electron chi connectivity index (χ1n) is 6.46. The number of anilines is 1. The van der Waals surface area contributed by atoms with E-state index < -0.39 is 11.9 Å². The molecule has 1 heterocycles. The molecule has 0 atom stereocenters. The first kappa shape index (κ1) is 15.2. The number of hydrogen-bond acceptors (Lipinski definition) is 3. The number of rotatable bonds is 5. The van der Waals surface area contributed by atoms with Gasteiger partial charge in [-0.15, -0.1) is 0 Å². The Kier molecular flexibility index (Phi) is 4.40. The van der Waals surface area contributed by atoms with E-state index in [1.165, 1.54) is 4.68 Å². The summed E-state index contributed by atoms with van der Waals surface area (Å²) in [6.45, 7) is 2.39. The summed E-state index contributed by atoms with van der Waals surface area (Å²) in [5.41, 5.74) is 0.381. The fraction of sp³-hybridized carbons (Fsp3) is 0.357. The molecule has 0 aliphatic rings. The molecular formula is C14H16F3N3O. The number of alkyl halides is 3. The lowest BCUT2D eigenvalue weighted by atomic mass is 10.3. The predicted molar refractivity (Wildman–Crippen MR) is 73.2 cm³/mol. The Balaban J connectivity index is 2.13. The van der Waals surface area contributed by atoms with Gasteiger partial charge in [0.15, 0.2) is 5.69 Å². The number of aryl methyl sites for hydroxylation is 1. The zero-order valence-electron chi connectivity index (χ0n) is 11.7. The molecule has 1 aromatic carbocycles. The van der Waals surface area contributed by atoms with Crippen LogP contribution in [0.15, 0.2) is 30.3 Å².